The number of aromatic hydroxyl groups is 1. The Labute approximate surface area is 224 Å². The molecule has 0 aliphatic heterocycles. The fraction of sp³-hybridized carbons (Fsp3) is 0.0769. The van der Waals surface area contributed by atoms with Crippen molar-refractivity contribution in [2.75, 3.05) is 11.5 Å². The second-order valence-electron chi connectivity index (χ2n) is 8.50. The monoisotopic (exact) mass is 544 g/mol. The Morgan fingerprint density at radius 3 is 1.56 bits per heavy atom. The summed E-state index contributed by atoms with van der Waals surface area (Å²) in [5.41, 5.74) is 16.7. The maximum Gasteiger partial charge on any atom is 0.294 e. The molecule has 4 aromatic rings. The van der Waals surface area contributed by atoms with Crippen molar-refractivity contribution in [3.8, 4) is 5.75 Å². The third-order valence-corrected chi connectivity index (χ3v) is 6.27. The molecule has 0 fully saturated rings. The molecule has 0 amide bonds. The van der Waals surface area contributed by atoms with Crippen LogP contribution in [0.15, 0.2) is 108 Å². The van der Waals surface area contributed by atoms with Crippen LogP contribution in [0.5, 0.6) is 5.75 Å². The standard InChI is InChI=1S/C26H24N8O4S/c1-15-11-16(2)26(35)25(12-15)34-33-24-14-23(21(27)13-22(24)28)32-31-18-5-3-17(4-6-18)29-30-19-7-9-20(10-8-19)39(36,37)38/h3-14,35H,27-28H2,1-2H3,(H,36,37,38). The van der Waals surface area contributed by atoms with Crippen LogP contribution in [-0.2, 0) is 10.1 Å². The number of azo groups is 3. The number of aryl methyl sites for hydroxylation is 2. The lowest BCUT2D eigenvalue weighted by Gasteiger charge is -2.06. The summed E-state index contributed by atoms with van der Waals surface area (Å²) in [7, 11) is -4.27. The molecule has 0 heterocycles. The molecule has 0 saturated carbocycles. The molecule has 198 valence electrons. The van der Waals surface area contributed by atoms with Crippen LogP contribution in [-0.4, -0.2) is 18.1 Å². The van der Waals surface area contributed by atoms with Crippen LogP contribution in [0.1, 0.15) is 11.1 Å². The van der Waals surface area contributed by atoms with E-state index in [0.717, 1.165) is 5.56 Å². The third-order valence-electron chi connectivity index (χ3n) is 5.40. The Morgan fingerprint density at radius 2 is 1.05 bits per heavy atom. The number of hydrogen-bond acceptors (Lipinski definition) is 11. The molecule has 12 nitrogen and oxygen atoms in total. The number of phenols is 1. The Bertz CT molecular complexity index is 1720. The van der Waals surface area contributed by atoms with Crippen molar-refractivity contribution in [1.82, 2.24) is 0 Å². The second-order valence-corrected chi connectivity index (χ2v) is 9.93. The Kier molecular flexibility index (Phi) is 7.74. The normalized spacial score (nSPS) is 12.2. The minimum atomic E-state index is -4.27. The minimum Gasteiger partial charge on any atom is -0.505 e. The molecule has 4 aromatic carbocycles. The van der Waals surface area contributed by atoms with Gasteiger partial charge in [-0.25, -0.2) is 0 Å². The van der Waals surface area contributed by atoms with Crippen molar-refractivity contribution < 1.29 is 18.1 Å². The van der Waals surface area contributed by atoms with Gasteiger partial charge in [-0.3, -0.25) is 4.55 Å². The first-order valence-corrected chi connectivity index (χ1v) is 12.9. The van der Waals surface area contributed by atoms with E-state index in [1.165, 1.54) is 30.3 Å². The molecule has 0 unspecified atom stereocenters. The predicted octanol–water partition coefficient (Wildman–Crippen LogP) is 7.67. The van der Waals surface area contributed by atoms with Crippen molar-refractivity contribution in [3.05, 3.63) is 83.9 Å². The smallest absolute Gasteiger partial charge is 0.294 e. The zero-order valence-electron chi connectivity index (χ0n) is 20.9. The average molecular weight is 545 g/mol. The molecule has 0 saturated heterocycles. The molecule has 0 aliphatic carbocycles. The highest BCUT2D eigenvalue weighted by atomic mass is 32.2. The van der Waals surface area contributed by atoms with Gasteiger partial charge in [-0.05, 0) is 91.7 Å². The summed E-state index contributed by atoms with van der Waals surface area (Å²) >= 11 is 0. The van der Waals surface area contributed by atoms with E-state index in [4.69, 9.17) is 16.0 Å². The van der Waals surface area contributed by atoms with Crippen LogP contribution in [0, 0.1) is 13.8 Å². The summed E-state index contributed by atoms with van der Waals surface area (Å²) < 4.78 is 31.3. The van der Waals surface area contributed by atoms with Crippen LogP contribution in [0.25, 0.3) is 0 Å². The van der Waals surface area contributed by atoms with Gasteiger partial charge in [0.1, 0.15) is 22.8 Å². The largest absolute Gasteiger partial charge is 0.505 e. The number of nitrogens with zero attached hydrogens (tertiary/aromatic N) is 6. The van der Waals surface area contributed by atoms with E-state index in [0.29, 0.717) is 51.1 Å². The van der Waals surface area contributed by atoms with Gasteiger partial charge in [0.05, 0.1) is 33.3 Å². The number of rotatable bonds is 7. The van der Waals surface area contributed by atoms with E-state index in [1.807, 2.05) is 13.0 Å². The molecule has 39 heavy (non-hydrogen) atoms. The SMILES string of the molecule is Cc1cc(C)c(O)c(N=Nc2cc(N=Nc3ccc(N=Nc4ccc(S(=O)(=O)O)cc4)cc3)c(N)cc2N)c1. The summed E-state index contributed by atoms with van der Waals surface area (Å²) in [6.45, 7) is 3.67. The molecule has 13 heteroatoms. The maximum atomic E-state index is 11.1. The quantitative estimate of drug-likeness (QED) is 0.104. The summed E-state index contributed by atoms with van der Waals surface area (Å²) in [4.78, 5) is -0.228. The highest BCUT2D eigenvalue weighted by Gasteiger charge is 2.09. The van der Waals surface area contributed by atoms with Gasteiger partial charge < -0.3 is 16.6 Å². The van der Waals surface area contributed by atoms with Crippen molar-refractivity contribution in [1.29, 1.82) is 0 Å². The lowest BCUT2D eigenvalue weighted by Crippen LogP contribution is -1.96. The van der Waals surface area contributed by atoms with E-state index in [9.17, 15) is 13.5 Å². The second kappa shape index (κ2) is 11.2. The van der Waals surface area contributed by atoms with Gasteiger partial charge in [-0.15, -0.1) is 15.3 Å². The summed E-state index contributed by atoms with van der Waals surface area (Å²) in [6.07, 6.45) is 0. The number of phenolic OH excluding ortho intramolecular Hbond substituents is 1. The number of hydrogen-bond donors (Lipinski definition) is 4. The van der Waals surface area contributed by atoms with Crippen molar-refractivity contribution >= 4 is 55.6 Å². The molecule has 0 spiro atoms. The van der Waals surface area contributed by atoms with Crippen molar-refractivity contribution in [2.24, 2.45) is 30.7 Å². The molecular weight excluding hydrogens is 520 g/mol. The average Bonchev–Trinajstić information content (AvgIpc) is 2.89. The van der Waals surface area contributed by atoms with Gasteiger partial charge in [0.25, 0.3) is 10.1 Å². The van der Waals surface area contributed by atoms with Gasteiger partial charge in [-0.1, -0.05) is 6.07 Å². The van der Waals surface area contributed by atoms with Crippen LogP contribution >= 0.6 is 0 Å². The Hall–Kier alpha value is -5.01. The van der Waals surface area contributed by atoms with Gasteiger partial charge in [0.15, 0.2) is 0 Å². The van der Waals surface area contributed by atoms with Gasteiger partial charge in [0.2, 0.25) is 0 Å². The van der Waals surface area contributed by atoms with E-state index < -0.39 is 10.1 Å². The first-order chi connectivity index (χ1) is 18.5. The van der Waals surface area contributed by atoms with Gasteiger partial charge in [-0.2, -0.15) is 23.8 Å². The van der Waals surface area contributed by atoms with E-state index in [2.05, 4.69) is 30.7 Å². The van der Waals surface area contributed by atoms with E-state index in [1.54, 1.807) is 43.3 Å². The molecule has 0 radical (unpaired) electrons. The minimum absolute atomic E-state index is 0.0383. The summed E-state index contributed by atoms with van der Waals surface area (Å²) in [5.74, 6) is 0.0383. The van der Waals surface area contributed by atoms with E-state index in [-0.39, 0.29) is 10.6 Å². The fourth-order valence-corrected chi connectivity index (χ4v) is 3.88. The van der Waals surface area contributed by atoms with Crippen LogP contribution in [0.4, 0.5) is 45.5 Å². The van der Waals surface area contributed by atoms with E-state index >= 15 is 0 Å². The molecule has 0 atom stereocenters. The summed E-state index contributed by atoms with van der Waals surface area (Å²) in [6, 6.07) is 18.6. The van der Waals surface area contributed by atoms with Crippen LogP contribution in [0.3, 0.4) is 0 Å². The van der Waals surface area contributed by atoms with Gasteiger partial charge >= 0.3 is 0 Å². The number of nitrogen functional groups attached to an aromatic ring is 2. The first kappa shape index (κ1) is 27.0. The molecule has 0 aromatic heterocycles. The molecular formula is C26H24N8O4S. The molecule has 0 bridgehead atoms. The topological polar surface area (TPSA) is 201 Å². The summed E-state index contributed by atoms with van der Waals surface area (Å²) in [5, 5.41) is 35.1. The lowest BCUT2D eigenvalue weighted by molar-refractivity contribution is 0.472. The number of nitrogens with two attached hydrogens (primary N) is 2. The number of benzene rings is 4. The molecule has 4 rings (SSSR count). The highest BCUT2D eigenvalue weighted by molar-refractivity contribution is 7.85. The zero-order valence-corrected chi connectivity index (χ0v) is 21.7. The number of anilines is 2. The fourth-order valence-electron chi connectivity index (χ4n) is 3.40. The maximum absolute atomic E-state index is 11.1. The highest BCUT2D eigenvalue weighted by Crippen LogP contribution is 2.37. The van der Waals surface area contributed by atoms with Crippen LogP contribution < -0.4 is 11.5 Å². The molecule has 6 N–H and O–H groups in total. The van der Waals surface area contributed by atoms with Crippen LogP contribution in [0.2, 0.25) is 0 Å². The van der Waals surface area contributed by atoms with Crippen molar-refractivity contribution in [2.45, 2.75) is 18.7 Å². The van der Waals surface area contributed by atoms with Crippen molar-refractivity contribution in [3.63, 3.8) is 0 Å². The predicted molar refractivity (Wildman–Crippen MR) is 148 cm³/mol. The zero-order chi connectivity index (χ0) is 28.2. The van der Waals surface area contributed by atoms with Gasteiger partial charge in [0, 0.05) is 0 Å². The molecule has 0 aliphatic rings. The first-order valence-electron chi connectivity index (χ1n) is 11.4. The Morgan fingerprint density at radius 1 is 0.615 bits per heavy atom. The third kappa shape index (κ3) is 6.85. The Balaban J connectivity index is 1.48. The lowest BCUT2D eigenvalue weighted by atomic mass is 10.1.